The number of carbonyl (C=O) groups is 1. The predicted molar refractivity (Wildman–Crippen MR) is 92.9 cm³/mol. The maximum atomic E-state index is 14.1. The van der Waals surface area contributed by atoms with Crippen molar-refractivity contribution in [2.75, 3.05) is 6.61 Å². The van der Waals surface area contributed by atoms with E-state index >= 15 is 0 Å². The first-order chi connectivity index (χ1) is 13.1. The van der Waals surface area contributed by atoms with Crippen molar-refractivity contribution in [3.05, 3.63) is 53.6 Å². The van der Waals surface area contributed by atoms with E-state index < -0.39 is 29.2 Å². The second-order valence-electron chi connectivity index (χ2n) is 6.64. The van der Waals surface area contributed by atoms with E-state index in [4.69, 9.17) is 4.74 Å². The molecule has 148 valence electrons. The van der Waals surface area contributed by atoms with Gasteiger partial charge >= 0.3 is 12.1 Å². The first kappa shape index (κ1) is 19.7. The fourth-order valence-electron chi connectivity index (χ4n) is 2.67. The molecular weight excluding hydrogens is 380 g/mol. The molecule has 3 aromatic rings. The molecular formula is C19H16F4N2O3. The molecule has 0 spiro atoms. The Morgan fingerprint density at radius 1 is 1.25 bits per heavy atom. The first-order valence-corrected chi connectivity index (χ1v) is 8.32. The number of carboxylic acid groups (broad SMARTS) is 1. The van der Waals surface area contributed by atoms with E-state index in [0.717, 1.165) is 16.5 Å². The molecule has 0 radical (unpaired) electrons. The molecule has 28 heavy (non-hydrogen) atoms. The van der Waals surface area contributed by atoms with Crippen molar-refractivity contribution in [2.24, 2.45) is 5.92 Å². The summed E-state index contributed by atoms with van der Waals surface area (Å²) >= 11 is 0. The van der Waals surface area contributed by atoms with Crippen LogP contribution in [-0.2, 0) is 6.18 Å². The predicted octanol–water partition coefficient (Wildman–Crippen LogP) is 4.89. The van der Waals surface area contributed by atoms with Crippen LogP contribution in [0.4, 0.5) is 17.6 Å². The molecule has 5 nitrogen and oxygen atoms in total. The standard InChI is InChI=1S/C19H16F4N2O3/c1-10(2)9-28-13-6-11(5-12(20)7-13)15-4-3-14(18(26)27)17-24-16(8-25(15)17)19(21,22)23/h3-8,10H,9H2,1-2H3,(H,26,27). The summed E-state index contributed by atoms with van der Waals surface area (Å²) in [6, 6.07) is 6.22. The smallest absolute Gasteiger partial charge is 0.434 e. The van der Waals surface area contributed by atoms with Crippen LogP contribution in [0.3, 0.4) is 0 Å². The van der Waals surface area contributed by atoms with Gasteiger partial charge in [0, 0.05) is 17.8 Å². The first-order valence-electron chi connectivity index (χ1n) is 8.32. The van der Waals surface area contributed by atoms with Crippen molar-refractivity contribution in [2.45, 2.75) is 20.0 Å². The molecule has 0 bridgehead atoms. The van der Waals surface area contributed by atoms with Crippen LogP contribution in [0.2, 0.25) is 0 Å². The maximum Gasteiger partial charge on any atom is 0.434 e. The molecule has 0 aliphatic rings. The molecule has 0 fully saturated rings. The summed E-state index contributed by atoms with van der Waals surface area (Å²) in [5.74, 6) is -1.65. The van der Waals surface area contributed by atoms with Crippen LogP contribution in [-0.4, -0.2) is 27.1 Å². The topological polar surface area (TPSA) is 63.8 Å². The van der Waals surface area contributed by atoms with Gasteiger partial charge in [0.25, 0.3) is 0 Å². The number of pyridine rings is 1. The highest BCUT2D eigenvalue weighted by molar-refractivity contribution is 5.95. The number of ether oxygens (including phenoxy) is 1. The minimum Gasteiger partial charge on any atom is -0.493 e. The molecule has 0 amide bonds. The lowest BCUT2D eigenvalue weighted by Crippen LogP contribution is -2.05. The van der Waals surface area contributed by atoms with Gasteiger partial charge in [-0.2, -0.15) is 13.2 Å². The highest BCUT2D eigenvalue weighted by atomic mass is 19.4. The molecule has 0 aliphatic carbocycles. The number of fused-ring (bicyclic) bond motifs is 1. The fourth-order valence-corrected chi connectivity index (χ4v) is 2.67. The van der Waals surface area contributed by atoms with E-state index in [1.807, 2.05) is 13.8 Å². The Morgan fingerprint density at radius 2 is 1.96 bits per heavy atom. The van der Waals surface area contributed by atoms with Gasteiger partial charge in [0.05, 0.1) is 12.3 Å². The van der Waals surface area contributed by atoms with E-state index in [2.05, 4.69) is 4.98 Å². The average molecular weight is 396 g/mol. The maximum absolute atomic E-state index is 14.1. The molecule has 0 saturated carbocycles. The monoisotopic (exact) mass is 396 g/mol. The lowest BCUT2D eigenvalue weighted by Gasteiger charge is -2.12. The normalized spacial score (nSPS) is 12.0. The number of hydrogen-bond donors (Lipinski definition) is 1. The van der Waals surface area contributed by atoms with Gasteiger partial charge in [-0.15, -0.1) is 0 Å². The van der Waals surface area contributed by atoms with Crippen molar-refractivity contribution in [1.29, 1.82) is 0 Å². The highest BCUT2D eigenvalue weighted by Crippen LogP contribution is 2.33. The summed E-state index contributed by atoms with van der Waals surface area (Å²) in [5, 5.41) is 9.25. The quantitative estimate of drug-likeness (QED) is 0.624. The summed E-state index contributed by atoms with van der Waals surface area (Å²) in [6.07, 6.45) is -4.07. The summed E-state index contributed by atoms with van der Waals surface area (Å²) in [5.41, 5.74) is -1.64. The molecule has 0 aliphatic heterocycles. The zero-order valence-electron chi connectivity index (χ0n) is 14.9. The second kappa shape index (κ2) is 7.14. The van der Waals surface area contributed by atoms with E-state index in [1.165, 1.54) is 18.2 Å². The molecule has 2 aromatic heterocycles. The molecule has 1 N–H and O–H groups in total. The van der Waals surface area contributed by atoms with Gasteiger partial charge in [-0.3, -0.25) is 4.40 Å². The molecule has 0 saturated heterocycles. The number of hydrogen-bond acceptors (Lipinski definition) is 3. The van der Waals surface area contributed by atoms with E-state index in [1.54, 1.807) is 0 Å². The molecule has 2 heterocycles. The van der Waals surface area contributed by atoms with Crippen LogP contribution in [0, 0.1) is 11.7 Å². The Labute approximate surface area is 157 Å². The van der Waals surface area contributed by atoms with Crippen LogP contribution in [0.5, 0.6) is 5.75 Å². The number of carboxylic acids is 1. The Kier molecular flexibility index (Phi) is 5.01. The van der Waals surface area contributed by atoms with Crippen LogP contribution >= 0.6 is 0 Å². The molecule has 1 aromatic carbocycles. The van der Waals surface area contributed by atoms with Gasteiger partial charge in [-0.05, 0) is 30.2 Å². The van der Waals surface area contributed by atoms with Crippen molar-refractivity contribution >= 4 is 11.6 Å². The second-order valence-corrected chi connectivity index (χ2v) is 6.64. The largest absolute Gasteiger partial charge is 0.493 e. The number of aromatic nitrogens is 2. The van der Waals surface area contributed by atoms with E-state index in [-0.39, 0.29) is 28.6 Å². The van der Waals surface area contributed by atoms with Gasteiger partial charge < -0.3 is 9.84 Å². The van der Waals surface area contributed by atoms with Crippen molar-refractivity contribution < 1.29 is 32.2 Å². The third-order valence-corrected chi connectivity index (χ3v) is 3.89. The number of nitrogens with zero attached hydrogens (tertiary/aromatic N) is 2. The SMILES string of the molecule is CC(C)COc1cc(F)cc(-c2ccc(C(=O)O)c3nc(C(F)(F)F)cn23)c1. The number of alkyl halides is 3. The summed E-state index contributed by atoms with van der Waals surface area (Å²) in [7, 11) is 0. The van der Waals surface area contributed by atoms with Crippen LogP contribution in [0.1, 0.15) is 29.9 Å². The Morgan fingerprint density at radius 3 is 2.57 bits per heavy atom. The summed E-state index contributed by atoms with van der Waals surface area (Å²) in [4.78, 5) is 14.8. The van der Waals surface area contributed by atoms with Crippen molar-refractivity contribution in [3.8, 4) is 17.0 Å². The number of benzene rings is 1. The van der Waals surface area contributed by atoms with Crippen LogP contribution in [0.25, 0.3) is 16.9 Å². The zero-order valence-corrected chi connectivity index (χ0v) is 14.9. The number of imidazole rings is 1. The van der Waals surface area contributed by atoms with E-state index in [9.17, 15) is 27.5 Å². The third-order valence-electron chi connectivity index (χ3n) is 3.89. The third kappa shape index (κ3) is 3.92. The molecule has 9 heteroatoms. The lowest BCUT2D eigenvalue weighted by molar-refractivity contribution is -0.140. The molecule has 0 unspecified atom stereocenters. The molecule has 3 rings (SSSR count). The zero-order chi connectivity index (χ0) is 20.6. The van der Waals surface area contributed by atoms with E-state index in [0.29, 0.717) is 12.8 Å². The number of halogens is 4. The summed E-state index contributed by atoms with van der Waals surface area (Å²) < 4.78 is 59.8. The van der Waals surface area contributed by atoms with Gasteiger partial charge in [0.2, 0.25) is 0 Å². The van der Waals surface area contributed by atoms with Crippen LogP contribution in [0.15, 0.2) is 36.5 Å². The number of aromatic carboxylic acids is 1. The van der Waals surface area contributed by atoms with Gasteiger partial charge in [-0.25, -0.2) is 14.2 Å². The molecule has 0 atom stereocenters. The van der Waals surface area contributed by atoms with Crippen molar-refractivity contribution in [1.82, 2.24) is 9.38 Å². The summed E-state index contributed by atoms with van der Waals surface area (Å²) in [6.45, 7) is 4.16. The Bertz CT molecular complexity index is 1040. The van der Waals surface area contributed by atoms with Gasteiger partial charge in [0.15, 0.2) is 11.3 Å². The van der Waals surface area contributed by atoms with Gasteiger partial charge in [0.1, 0.15) is 17.1 Å². The Hall–Kier alpha value is -3.10. The highest BCUT2D eigenvalue weighted by Gasteiger charge is 2.35. The fraction of sp³-hybridized carbons (Fsp3) is 0.263. The Balaban J connectivity index is 2.19. The van der Waals surface area contributed by atoms with Crippen LogP contribution < -0.4 is 4.74 Å². The van der Waals surface area contributed by atoms with Crippen molar-refractivity contribution in [3.63, 3.8) is 0 Å². The number of rotatable bonds is 5. The average Bonchev–Trinajstić information content (AvgIpc) is 3.04. The lowest BCUT2D eigenvalue weighted by atomic mass is 10.1. The van der Waals surface area contributed by atoms with Gasteiger partial charge in [-0.1, -0.05) is 13.8 Å². The minimum atomic E-state index is -4.76. The minimum absolute atomic E-state index is 0.150.